The maximum atomic E-state index is 13.8. The van der Waals surface area contributed by atoms with Gasteiger partial charge in [-0.3, -0.25) is 14.5 Å². The van der Waals surface area contributed by atoms with Crippen molar-refractivity contribution < 1.29 is 31.9 Å². The molecule has 0 saturated carbocycles. The zero-order chi connectivity index (χ0) is 23.1. The number of ketones is 1. The predicted octanol–water partition coefficient (Wildman–Crippen LogP) is 3.82. The summed E-state index contributed by atoms with van der Waals surface area (Å²) in [5.74, 6) is -2.27. The Labute approximate surface area is 183 Å². The van der Waals surface area contributed by atoms with Gasteiger partial charge in [0.15, 0.2) is 5.78 Å². The molecule has 0 unspecified atom stereocenters. The summed E-state index contributed by atoms with van der Waals surface area (Å²) in [6, 6.07) is 9.07. The number of piperidine rings is 1. The van der Waals surface area contributed by atoms with Crippen molar-refractivity contribution >= 4 is 11.7 Å². The molecule has 1 aliphatic heterocycles. The van der Waals surface area contributed by atoms with Crippen molar-refractivity contribution in [1.29, 1.82) is 0 Å². The second-order valence-electron chi connectivity index (χ2n) is 7.66. The molecule has 3 rings (SSSR count). The summed E-state index contributed by atoms with van der Waals surface area (Å²) in [4.78, 5) is 26.6. The van der Waals surface area contributed by atoms with Crippen molar-refractivity contribution in [2.75, 3.05) is 26.2 Å². The molecule has 0 aliphatic carbocycles. The first kappa shape index (κ1) is 23.7. The lowest BCUT2D eigenvalue weighted by Gasteiger charge is -2.30. The van der Waals surface area contributed by atoms with Gasteiger partial charge in [-0.15, -0.1) is 0 Å². The second-order valence-corrected chi connectivity index (χ2v) is 7.66. The van der Waals surface area contributed by atoms with Crippen LogP contribution in [-0.2, 0) is 11.2 Å². The van der Waals surface area contributed by atoms with E-state index in [9.17, 15) is 27.2 Å². The van der Waals surface area contributed by atoms with Gasteiger partial charge >= 0.3 is 6.61 Å². The fourth-order valence-corrected chi connectivity index (χ4v) is 3.70. The van der Waals surface area contributed by atoms with Gasteiger partial charge in [0.2, 0.25) is 5.91 Å². The molecular weight excluding hydrogens is 428 g/mol. The van der Waals surface area contributed by atoms with Gasteiger partial charge in [-0.25, -0.2) is 8.78 Å². The second kappa shape index (κ2) is 11.1. The highest BCUT2D eigenvalue weighted by molar-refractivity contribution is 5.98. The summed E-state index contributed by atoms with van der Waals surface area (Å²) in [5, 5.41) is 2.81. The molecule has 0 aromatic heterocycles. The van der Waals surface area contributed by atoms with Gasteiger partial charge in [0, 0.05) is 12.5 Å². The van der Waals surface area contributed by atoms with Gasteiger partial charge in [0.05, 0.1) is 12.1 Å². The van der Waals surface area contributed by atoms with E-state index in [1.54, 1.807) is 12.1 Å². The molecule has 0 bridgehead atoms. The molecule has 0 spiro atoms. The first-order chi connectivity index (χ1) is 15.3. The molecule has 172 valence electrons. The number of likely N-dealkylation sites (tertiary alicyclic amines) is 1. The van der Waals surface area contributed by atoms with Gasteiger partial charge in [-0.1, -0.05) is 12.1 Å². The van der Waals surface area contributed by atoms with E-state index in [1.165, 1.54) is 12.1 Å². The normalized spacial score (nSPS) is 15.0. The van der Waals surface area contributed by atoms with Crippen LogP contribution in [-0.4, -0.2) is 49.4 Å². The van der Waals surface area contributed by atoms with E-state index in [2.05, 4.69) is 10.1 Å². The molecule has 1 heterocycles. The SMILES string of the molecule is O=C(CN1CCC(C(=O)c2cc(F)ccc2F)CC1)NCCc1ccc(OC(F)F)cc1. The molecule has 1 aliphatic rings. The Kier molecular flexibility index (Phi) is 8.21. The smallest absolute Gasteiger partial charge is 0.387 e. The van der Waals surface area contributed by atoms with E-state index >= 15 is 0 Å². The molecule has 0 atom stereocenters. The Morgan fingerprint density at radius 2 is 1.75 bits per heavy atom. The summed E-state index contributed by atoms with van der Waals surface area (Å²) >= 11 is 0. The van der Waals surface area contributed by atoms with Crippen LogP contribution in [0.1, 0.15) is 28.8 Å². The van der Waals surface area contributed by atoms with Gasteiger partial charge in [0.25, 0.3) is 0 Å². The average molecular weight is 452 g/mol. The van der Waals surface area contributed by atoms with Crippen molar-refractivity contribution in [3.63, 3.8) is 0 Å². The van der Waals surface area contributed by atoms with Crippen LogP contribution in [0.4, 0.5) is 17.6 Å². The molecule has 2 aromatic carbocycles. The number of hydrogen-bond donors (Lipinski definition) is 1. The quantitative estimate of drug-likeness (QED) is 0.464. The van der Waals surface area contributed by atoms with Crippen molar-refractivity contribution in [3.8, 4) is 5.75 Å². The van der Waals surface area contributed by atoms with Gasteiger partial charge < -0.3 is 10.1 Å². The van der Waals surface area contributed by atoms with Crippen LogP contribution in [0.5, 0.6) is 5.75 Å². The molecule has 1 N–H and O–H groups in total. The number of amides is 1. The standard InChI is InChI=1S/C23H24F4N2O3/c24-17-3-6-20(25)19(13-17)22(31)16-8-11-29(12-9-16)14-21(30)28-10-7-15-1-4-18(5-2-15)32-23(26)27/h1-6,13,16,23H,7-12,14H2,(H,28,30). The third-order valence-electron chi connectivity index (χ3n) is 5.40. The molecule has 9 heteroatoms. The third-order valence-corrected chi connectivity index (χ3v) is 5.40. The minimum Gasteiger partial charge on any atom is -0.435 e. The first-order valence-electron chi connectivity index (χ1n) is 10.3. The van der Waals surface area contributed by atoms with Gasteiger partial charge in [-0.2, -0.15) is 8.78 Å². The number of nitrogens with zero attached hydrogens (tertiary/aromatic N) is 1. The highest BCUT2D eigenvalue weighted by Crippen LogP contribution is 2.23. The Morgan fingerprint density at radius 1 is 1.06 bits per heavy atom. The lowest BCUT2D eigenvalue weighted by molar-refractivity contribution is -0.122. The number of carbonyl (C=O) groups excluding carboxylic acids is 2. The highest BCUT2D eigenvalue weighted by Gasteiger charge is 2.28. The van der Waals surface area contributed by atoms with Crippen molar-refractivity contribution in [2.45, 2.75) is 25.9 Å². The van der Waals surface area contributed by atoms with Gasteiger partial charge in [0.1, 0.15) is 17.4 Å². The lowest BCUT2D eigenvalue weighted by Crippen LogP contribution is -2.43. The Morgan fingerprint density at radius 3 is 2.41 bits per heavy atom. The molecule has 1 fully saturated rings. The highest BCUT2D eigenvalue weighted by atomic mass is 19.3. The monoisotopic (exact) mass is 452 g/mol. The van der Waals surface area contributed by atoms with Crippen LogP contribution >= 0.6 is 0 Å². The number of carbonyl (C=O) groups is 2. The fraction of sp³-hybridized carbons (Fsp3) is 0.391. The molecule has 1 saturated heterocycles. The number of halogens is 4. The Hall–Kier alpha value is -2.94. The summed E-state index contributed by atoms with van der Waals surface area (Å²) in [5.41, 5.74) is 0.644. The van der Waals surface area contributed by atoms with Crippen LogP contribution < -0.4 is 10.1 Å². The van der Waals surface area contributed by atoms with Crippen LogP contribution in [0.15, 0.2) is 42.5 Å². The van der Waals surface area contributed by atoms with E-state index in [4.69, 9.17) is 0 Å². The predicted molar refractivity (Wildman–Crippen MR) is 110 cm³/mol. The Balaban J connectivity index is 1.38. The molecular formula is C23H24F4N2O3. The third kappa shape index (κ3) is 6.78. The number of benzene rings is 2. The van der Waals surface area contributed by atoms with Crippen molar-refractivity contribution in [2.24, 2.45) is 5.92 Å². The molecule has 5 nitrogen and oxygen atoms in total. The zero-order valence-electron chi connectivity index (χ0n) is 17.3. The number of rotatable bonds is 9. The summed E-state index contributed by atoms with van der Waals surface area (Å²) in [7, 11) is 0. The summed E-state index contributed by atoms with van der Waals surface area (Å²) < 4.78 is 55.8. The number of Topliss-reactive ketones (excluding diaryl/α,β-unsaturated/α-hetero) is 1. The molecule has 2 aromatic rings. The Bertz CT molecular complexity index is 929. The van der Waals surface area contributed by atoms with E-state index in [0.717, 1.165) is 23.8 Å². The minimum absolute atomic E-state index is 0.0785. The first-order valence-corrected chi connectivity index (χ1v) is 10.3. The van der Waals surface area contributed by atoms with E-state index < -0.39 is 29.9 Å². The van der Waals surface area contributed by atoms with Crippen molar-refractivity contribution in [3.05, 3.63) is 65.2 Å². The molecule has 32 heavy (non-hydrogen) atoms. The lowest BCUT2D eigenvalue weighted by atomic mass is 9.88. The summed E-state index contributed by atoms with van der Waals surface area (Å²) in [6.45, 7) is -1.29. The number of nitrogens with one attached hydrogen (secondary N) is 1. The maximum absolute atomic E-state index is 13.8. The molecule has 0 radical (unpaired) electrons. The number of hydrogen-bond acceptors (Lipinski definition) is 4. The van der Waals surface area contributed by atoms with Crippen LogP contribution in [0, 0.1) is 17.6 Å². The van der Waals surface area contributed by atoms with Crippen molar-refractivity contribution in [1.82, 2.24) is 10.2 Å². The number of alkyl halides is 2. The average Bonchev–Trinajstić information content (AvgIpc) is 2.76. The largest absolute Gasteiger partial charge is 0.435 e. The zero-order valence-corrected chi connectivity index (χ0v) is 17.3. The van der Waals surface area contributed by atoms with Gasteiger partial charge in [-0.05, 0) is 68.2 Å². The fourth-order valence-electron chi connectivity index (χ4n) is 3.70. The van der Waals surface area contributed by atoms with Crippen LogP contribution in [0.3, 0.4) is 0 Å². The van der Waals surface area contributed by atoms with Crippen LogP contribution in [0.2, 0.25) is 0 Å². The van der Waals surface area contributed by atoms with E-state index in [0.29, 0.717) is 38.9 Å². The molecule has 1 amide bonds. The number of ether oxygens (including phenoxy) is 1. The minimum atomic E-state index is -2.87. The van der Waals surface area contributed by atoms with Crippen LogP contribution in [0.25, 0.3) is 0 Å². The topological polar surface area (TPSA) is 58.6 Å². The summed E-state index contributed by atoms with van der Waals surface area (Å²) in [6.07, 6.45) is 1.47. The van der Waals surface area contributed by atoms with E-state index in [-0.39, 0.29) is 23.8 Å². The maximum Gasteiger partial charge on any atom is 0.387 e. The van der Waals surface area contributed by atoms with E-state index in [1.807, 2.05) is 4.90 Å².